The molecule has 1 aromatic carbocycles. The normalized spacial score (nSPS) is 14.9. The molecule has 0 spiro atoms. The number of aliphatic imine (C=N–C) groups is 1. The lowest BCUT2D eigenvalue weighted by atomic mass is 10.2. The minimum atomic E-state index is 0.328. The number of nitrogens with zero attached hydrogens (tertiary/aromatic N) is 4. The van der Waals surface area contributed by atoms with E-state index in [1.807, 2.05) is 30.3 Å². The van der Waals surface area contributed by atoms with Gasteiger partial charge in [-0.05, 0) is 24.6 Å². The predicted molar refractivity (Wildman–Crippen MR) is 112 cm³/mol. The number of para-hydroxylation sites is 2. The van der Waals surface area contributed by atoms with Crippen LogP contribution in [-0.4, -0.2) is 60.8 Å². The minimum Gasteiger partial charge on any atom is -0.506 e. The number of phenols is 1. The average molecular weight is 383 g/mol. The number of pyridine rings is 1. The number of anilines is 1. The topological polar surface area (TPSA) is 73.2 Å². The maximum atomic E-state index is 10.1. The second-order valence-electron chi connectivity index (χ2n) is 6.68. The molecule has 2 heterocycles. The molecule has 1 aliphatic heterocycles. The third kappa shape index (κ3) is 4.85. The highest BCUT2D eigenvalue weighted by Crippen LogP contribution is 2.27. The van der Waals surface area contributed by atoms with E-state index in [0.29, 0.717) is 24.8 Å². The average Bonchev–Trinajstić information content (AvgIpc) is 2.74. The molecule has 0 unspecified atom stereocenters. The second kappa shape index (κ2) is 9.82. The van der Waals surface area contributed by atoms with Gasteiger partial charge in [0.15, 0.2) is 5.96 Å². The fourth-order valence-corrected chi connectivity index (χ4v) is 3.28. The molecule has 7 heteroatoms. The van der Waals surface area contributed by atoms with Gasteiger partial charge in [-0.15, -0.1) is 0 Å². The van der Waals surface area contributed by atoms with Crippen molar-refractivity contribution in [1.82, 2.24) is 15.2 Å². The summed E-state index contributed by atoms with van der Waals surface area (Å²) in [6.07, 6.45) is 2.70. The highest BCUT2D eigenvalue weighted by atomic mass is 16.5. The number of hydrogen-bond acceptors (Lipinski definition) is 5. The Labute approximate surface area is 166 Å². The SMILES string of the molecule is CCCOc1ncccc1CNC(=NC)N1CCN(c2ccccc2O)CC1. The summed E-state index contributed by atoms with van der Waals surface area (Å²) in [4.78, 5) is 13.2. The quantitative estimate of drug-likeness (QED) is 0.590. The van der Waals surface area contributed by atoms with Gasteiger partial charge < -0.3 is 25.0 Å². The first-order valence-corrected chi connectivity index (χ1v) is 9.78. The highest BCUT2D eigenvalue weighted by Gasteiger charge is 2.21. The van der Waals surface area contributed by atoms with Crippen LogP contribution in [0, 0.1) is 0 Å². The molecule has 28 heavy (non-hydrogen) atoms. The smallest absolute Gasteiger partial charge is 0.218 e. The van der Waals surface area contributed by atoms with Crippen molar-refractivity contribution in [3.8, 4) is 11.6 Å². The van der Waals surface area contributed by atoms with E-state index in [-0.39, 0.29) is 0 Å². The summed E-state index contributed by atoms with van der Waals surface area (Å²) >= 11 is 0. The Kier molecular flexibility index (Phi) is 6.94. The number of ether oxygens (including phenoxy) is 1. The predicted octanol–water partition coefficient (Wildman–Crippen LogP) is 2.47. The van der Waals surface area contributed by atoms with Crippen molar-refractivity contribution in [1.29, 1.82) is 0 Å². The monoisotopic (exact) mass is 383 g/mol. The fourth-order valence-electron chi connectivity index (χ4n) is 3.28. The van der Waals surface area contributed by atoms with Gasteiger partial charge in [0.25, 0.3) is 0 Å². The van der Waals surface area contributed by atoms with Gasteiger partial charge >= 0.3 is 0 Å². The molecule has 0 amide bonds. The molecule has 7 nitrogen and oxygen atoms in total. The molecule has 0 aliphatic carbocycles. The molecule has 0 atom stereocenters. The Balaban J connectivity index is 1.57. The zero-order chi connectivity index (χ0) is 19.8. The van der Waals surface area contributed by atoms with Crippen LogP contribution in [0.2, 0.25) is 0 Å². The zero-order valence-corrected chi connectivity index (χ0v) is 16.6. The zero-order valence-electron chi connectivity index (χ0n) is 16.6. The van der Waals surface area contributed by atoms with E-state index in [9.17, 15) is 5.11 Å². The van der Waals surface area contributed by atoms with Crippen molar-refractivity contribution in [2.24, 2.45) is 4.99 Å². The number of aromatic hydroxyl groups is 1. The van der Waals surface area contributed by atoms with Crippen LogP contribution in [0.15, 0.2) is 47.6 Å². The summed E-state index contributed by atoms with van der Waals surface area (Å²) in [5.74, 6) is 1.87. The summed E-state index contributed by atoms with van der Waals surface area (Å²) in [6, 6.07) is 11.4. The molecule has 1 fully saturated rings. The summed E-state index contributed by atoms with van der Waals surface area (Å²) in [6.45, 7) is 6.68. The van der Waals surface area contributed by atoms with E-state index >= 15 is 0 Å². The van der Waals surface area contributed by atoms with Gasteiger partial charge in [-0.2, -0.15) is 0 Å². The first-order chi connectivity index (χ1) is 13.7. The van der Waals surface area contributed by atoms with Gasteiger partial charge in [-0.1, -0.05) is 25.1 Å². The highest BCUT2D eigenvalue weighted by molar-refractivity contribution is 5.80. The van der Waals surface area contributed by atoms with Gasteiger partial charge in [0.2, 0.25) is 5.88 Å². The summed E-state index contributed by atoms with van der Waals surface area (Å²) in [5, 5.41) is 13.5. The molecule has 0 bridgehead atoms. The first-order valence-electron chi connectivity index (χ1n) is 9.78. The molecule has 3 rings (SSSR count). The largest absolute Gasteiger partial charge is 0.506 e. The number of piperazine rings is 1. The molecule has 2 N–H and O–H groups in total. The molecule has 1 aromatic heterocycles. The van der Waals surface area contributed by atoms with Crippen LogP contribution in [0.25, 0.3) is 0 Å². The van der Waals surface area contributed by atoms with E-state index < -0.39 is 0 Å². The molecule has 150 valence electrons. The molecular formula is C21H29N5O2. The second-order valence-corrected chi connectivity index (χ2v) is 6.68. The van der Waals surface area contributed by atoms with E-state index in [1.54, 1.807) is 19.3 Å². The molecule has 0 radical (unpaired) electrons. The number of benzene rings is 1. The molecule has 1 aliphatic rings. The lowest BCUT2D eigenvalue weighted by Crippen LogP contribution is -2.52. The van der Waals surface area contributed by atoms with Crippen molar-refractivity contribution in [3.05, 3.63) is 48.2 Å². The third-order valence-electron chi connectivity index (χ3n) is 4.74. The van der Waals surface area contributed by atoms with Gasteiger partial charge in [0.1, 0.15) is 5.75 Å². The molecule has 2 aromatic rings. The van der Waals surface area contributed by atoms with Gasteiger partial charge in [-0.3, -0.25) is 4.99 Å². The molecule has 0 saturated carbocycles. The number of nitrogens with one attached hydrogen (secondary N) is 1. The van der Waals surface area contributed by atoms with E-state index in [0.717, 1.165) is 49.8 Å². The number of guanidine groups is 1. The minimum absolute atomic E-state index is 0.328. The Morgan fingerprint density at radius 3 is 2.68 bits per heavy atom. The molecular weight excluding hydrogens is 354 g/mol. The van der Waals surface area contributed by atoms with Crippen LogP contribution in [0.5, 0.6) is 11.6 Å². The van der Waals surface area contributed by atoms with Crippen molar-refractivity contribution in [2.75, 3.05) is 44.7 Å². The van der Waals surface area contributed by atoms with Crippen molar-refractivity contribution < 1.29 is 9.84 Å². The number of phenolic OH excluding ortho intramolecular Hbond substituents is 1. The van der Waals surface area contributed by atoms with E-state index in [2.05, 4.69) is 32.0 Å². The Morgan fingerprint density at radius 1 is 1.18 bits per heavy atom. The maximum Gasteiger partial charge on any atom is 0.218 e. The van der Waals surface area contributed by atoms with Crippen molar-refractivity contribution >= 4 is 11.6 Å². The van der Waals surface area contributed by atoms with Crippen LogP contribution in [0.1, 0.15) is 18.9 Å². The Bertz CT molecular complexity index is 788. The van der Waals surface area contributed by atoms with Gasteiger partial charge in [-0.25, -0.2) is 4.98 Å². The Morgan fingerprint density at radius 2 is 1.96 bits per heavy atom. The number of hydrogen-bond donors (Lipinski definition) is 2. The summed E-state index contributed by atoms with van der Waals surface area (Å²) in [5.41, 5.74) is 1.91. The van der Waals surface area contributed by atoms with Crippen LogP contribution in [0.3, 0.4) is 0 Å². The van der Waals surface area contributed by atoms with Gasteiger partial charge in [0.05, 0.1) is 12.3 Å². The first kappa shape index (κ1) is 19.8. The Hall–Kier alpha value is -2.96. The lowest BCUT2D eigenvalue weighted by molar-refractivity contribution is 0.301. The van der Waals surface area contributed by atoms with Crippen molar-refractivity contribution in [3.63, 3.8) is 0 Å². The third-order valence-corrected chi connectivity index (χ3v) is 4.74. The van der Waals surface area contributed by atoms with Crippen LogP contribution < -0.4 is 15.0 Å². The maximum absolute atomic E-state index is 10.1. The van der Waals surface area contributed by atoms with Gasteiger partial charge in [0, 0.05) is 51.5 Å². The molecule has 1 saturated heterocycles. The van der Waals surface area contributed by atoms with E-state index in [1.165, 1.54) is 0 Å². The van der Waals surface area contributed by atoms with E-state index in [4.69, 9.17) is 4.74 Å². The summed E-state index contributed by atoms with van der Waals surface area (Å²) in [7, 11) is 1.80. The van der Waals surface area contributed by atoms with Crippen molar-refractivity contribution in [2.45, 2.75) is 19.9 Å². The summed E-state index contributed by atoms with van der Waals surface area (Å²) < 4.78 is 5.74. The fraction of sp³-hybridized carbons (Fsp3) is 0.429. The number of aromatic nitrogens is 1. The number of rotatable bonds is 6. The van der Waals surface area contributed by atoms with Crippen LogP contribution in [-0.2, 0) is 6.54 Å². The standard InChI is InChI=1S/C21H29N5O2/c1-3-15-28-20-17(7-6-10-23-20)16-24-21(22-2)26-13-11-25(12-14-26)18-8-4-5-9-19(18)27/h4-10,27H,3,11-16H2,1-2H3,(H,22,24). The lowest BCUT2D eigenvalue weighted by Gasteiger charge is -2.37. The van der Waals surface area contributed by atoms with Crippen LogP contribution in [0.4, 0.5) is 5.69 Å². The van der Waals surface area contributed by atoms with Crippen LogP contribution >= 0.6 is 0 Å².